The molecule has 1 unspecified atom stereocenters. The minimum absolute atomic E-state index is 0.00298. The number of thioether (sulfide) groups is 1. The quantitative estimate of drug-likeness (QED) is 0.131. The molecule has 0 aliphatic rings. The van der Waals surface area contributed by atoms with Crippen molar-refractivity contribution in [3.05, 3.63) is 129 Å². The summed E-state index contributed by atoms with van der Waals surface area (Å²) < 4.78 is 0. The maximum Gasteiger partial charge on any atom is 0.272 e. The Hall–Kier alpha value is -4.04. The van der Waals surface area contributed by atoms with Gasteiger partial charge in [-0.05, 0) is 92.6 Å². The third-order valence-corrected chi connectivity index (χ3v) is 7.90. The van der Waals surface area contributed by atoms with Crippen molar-refractivity contribution in [1.82, 2.24) is 5.32 Å². The summed E-state index contributed by atoms with van der Waals surface area (Å²) in [6.45, 7) is 5.81. The van der Waals surface area contributed by atoms with Gasteiger partial charge in [0.1, 0.15) is 5.70 Å². The highest BCUT2D eigenvalue weighted by Crippen LogP contribution is 2.27. The fourth-order valence-corrected chi connectivity index (χ4v) is 5.31. The Morgan fingerprint density at radius 2 is 1.55 bits per heavy atom. The Morgan fingerprint density at radius 1 is 0.833 bits per heavy atom. The van der Waals surface area contributed by atoms with Crippen molar-refractivity contribution in [2.45, 2.75) is 30.9 Å². The minimum atomic E-state index is -0.535. The second kappa shape index (κ2) is 14.2. The van der Waals surface area contributed by atoms with Crippen LogP contribution in [0.15, 0.2) is 102 Å². The summed E-state index contributed by atoms with van der Waals surface area (Å²) in [7, 11) is 0. The number of carbonyl (C=O) groups is 3. The van der Waals surface area contributed by atoms with Gasteiger partial charge in [0.05, 0.1) is 5.25 Å². The van der Waals surface area contributed by atoms with Crippen molar-refractivity contribution in [2.24, 2.45) is 0 Å². The lowest BCUT2D eigenvalue weighted by molar-refractivity contribution is -0.115. The maximum atomic E-state index is 13.3. The van der Waals surface area contributed by atoms with E-state index in [1.807, 2.05) is 51.1 Å². The van der Waals surface area contributed by atoms with Crippen LogP contribution in [0.25, 0.3) is 6.08 Å². The van der Waals surface area contributed by atoms with E-state index in [0.29, 0.717) is 26.9 Å². The molecule has 0 saturated carbocycles. The summed E-state index contributed by atoms with van der Waals surface area (Å²) in [6.07, 6.45) is 1.50. The molecule has 0 saturated heterocycles. The van der Waals surface area contributed by atoms with Crippen LogP contribution in [0.2, 0.25) is 10.0 Å². The van der Waals surface area contributed by atoms with Crippen molar-refractivity contribution >= 4 is 70.1 Å². The molecular weight excluding hydrogens is 589 g/mol. The first-order valence-electron chi connectivity index (χ1n) is 13.1. The zero-order chi connectivity index (χ0) is 30.2. The number of nitrogens with one attached hydrogen (secondary N) is 3. The molecule has 9 heteroatoms. The van der Waals surface area contributed by atoms with Crippen molar-refractivity contribution in [3.63, 3.8) is 0 Å². The van der Waals surface area contributed by atoms with Crippen LogP contribution in [0.5, 0.6) is 0 Å². The second-order valence-corrected chi connectivity index (χ2v) is 11.8. The van der Waals surface area contributed by atoms with E-state index in [0.717, 1.165) is 21.7 Å². The number of rotatable bonds is 9. The highest BCUT2D eigenvalue weighted by molar-refractivity contribution is 8.00. The van der Waals surface area contributed by atoms with E-state index in [1.54, 1.807) is 60.7 Å². The van der Waals surface area contributed by atoms with Gasteiger partial charge in [-0.1, -0.05) is 65.2 Å². The van der Waals surface area contributed by atoms with Crippen molar-refractivity contribution in [2.75, 3.05) is 10.6 Å². The molecule has 4 aromatic rings. The van der Waals surface area contributed by atoms with Crippen molar-refractivity contribution < 1.29 is 14.4 Å². The number of aryl methyl sites for hydroxylation is 2. The lowest BCUT2D eigenvalue weighted by atomic mass is 10.1. The summed E-state index contributed by atoms with van der Waals surface area (Å²) in [5.74, 6) is -1.08. The smallest absolute Gasteiger partial charge is 0.272 e. The van der Waals surface area contributed by atoms with Crippen molar-refractivity contribution in [3.8, 4) is 0 Å². The number of hydrogen-bond donors (Lipinski definition) is 3. The zero-order valence-electron chi connectivity index (χ0n) is 23.2. The molecule has 0 heterocycles. The number of hydrogen-bond acceptors (Lipinski definition) is 4. The Labute approximate surface area is 259 Å². The first-order valence-corrected chi connectivity index (χ1v) is 14.7. The number of amides is 3. The third kappa shape index (κ3) is 8.49. The maximum absolute atomic E-state index is 13.3. The molecule has 3 N–H and O–H groups in total. The summed E-state index contributed by atoms with van der Waals surface area (Å²) in [5.41, 5.74) is 4.36. The van der Waals surface area contributed by atoms with Crippen LogP contribution in [0.4, 0.5) is 11.4 Å². The monoisotopic (exact) mass is 617 g/mol. The largest absolute Gasteiger partial charge is 0.325 e. The summed E-state index contributed by atoms with van der Waals surface area (Å²) >= 11 is 13.8. The molecule has 0 radical (unpaired) electrons. The molecule has 0 bridgehead atoms. The predicted molar refractivity (Wildman–Crippen MR) is 173 cm³/mol. The molecule has 0 aromatic heterocycles. The zero-order valence-corrected chi connectivity index (χ0v) is 25.5. The SMILES string of the molecule is Cc1ccc(NC(=O)C(C)Sc2ccc(NC(=O)/C(=C/c3ccc(Cl)cc3Cl)NC(=O)c3ccccc3)cc2)c(C)c1. The molecule has 1 atom stereocenters. The molecule has 6 nitrogen and oxygen atoms in total. The topological polar surface area (TPSA) is 87.3 Å². The van der Waals surface area contributed by atoms with Gasteiger partial charge >= 0.3 is 0 Å². The standard InChI is InChI=1S/C33H29Cl2N3O3S/c1-20-9-16-29(21(2)17-20)37-31(39)22(3)42-27-14-12-26(13-15-27)36-33(41)30(18-24-10-11-25(34)19-28(24)35)38-32(40)23-7-5-4-6-8-23/h4-19,22H,1-3H3,(H,36,41)(H,37,39)(H,38,40)/b30-18-. The van der Waals surface area contributed by atoms with Gasteiger partial charge in [0, 0.05) is 31.9 Å². The van der Waals surface area contributed by atoms with E-state index in [1.165, 1.54) is 17.8 Å². The Bertz CT molecular complexity index is 1640. The van der Waals surface area contributed by atoms with E-state index < -0.39 is 11.8 Å². The van der Waals surface area contributed by atoms with E-state index in [2.05, 4.69) is 16.0 Å². The van der Waals surface area contributed by atoms with Gasteiger partial charge in [-0.3, -0.25) is 14.4 Å². The van der Waals surface area contributed by atoms with Crippen molar-refractivity contribution in [1.29, 1.82) is 0 Å². The highest BCUT2D eigenvalue weighted by Gasteiger charge is 2.18. The van der Waals surface area contributed by atoms with Gasteiger partial charge in [0.25, 0.3) is 11.8 Å². The van der Waals surface area contributed by atoms with E-state index in [4.69, 9.17) is 23.2 Å². The highest BCUT2D eigenvalue weighted by atomic mass is 35.5. The number of carbonyl (C=O) groups excluding carboxylic acids is 3. The third-order valence-electron chi connectivity index (χ3n) is 6.23. The fourth-order valence-electron chi connectivity index (χ4n) is 3.98. The van der Waals surface area contributed by atoms with Gasteiger partial charge in [0.15, 0.2) is 0 Å². The van der Waals surface area contributed by atoms with E-state index in [-0.39, 0.29) is 16.9 Å². The Kier molecular flexibility index (Phi) is 10.5. The average molecular weight is 619 g/mol. The van der Waals surface area contributed by atoms with Crippen LogP contribution in [-0.2, 0) is 9.59 Å². The van der Waals surface area contributed by atoms with Gasteiger partial charge in [-0.25, -0.2) is 0 Å². The van der Waals surface area contributed by atoms with Crippen LogP contribution in [0.3, 0.4) is 0 Å². The Morgan fingerprint density at radius 3 is 2.21 bits per heavy atom. The first kappa shape index (κ1) is 30.9. The van der Waals surface area contributed by atoms with Gasteiger partial charge in [-0.15, -0.1) is 11.8 Å². The molecular formula is C33H29Cl2N3O3S. The lowest BCUT2D eigenvalue weighted by Gasteiger charge is -2.15. The van der Waals surface area contributed by atoms with Crippen LogP contribution in [0.1, 0.15) is 34.0 Å². The molecule has 0 spiro atoms. The van der Waals surface area contributed by atoms with Crippen LogP contribution in [-0.4, -0.2) is 23.0 Å². The fraction of sp³-hybridized carbons (Fsp3) is 0.121. The molecule has 0 aliphatic carbocycles. The molecule has 4 aromatic carbocycles. The molecule has 0 aliphatic heterocycles. The van der Waals surface area contributed by atoms with Crippen LogP contribution >= 0.6 is 35.0 Å². The lowest BCUT2D eigenvalue weighted by Crippen LogP contribution is -2.30. The first-order chi connectivity index (χ1) is 20.1. The number of halogens is 2. The van der Waals surface area contributed by atoms with Gasteiger partial charge in [-0.2, -0.15) is 0 Å². The summed E-state index contributed by atoms with van der Waals surface area (Å²) in [4.78, 5) is 39.8. The predicted octanol–water partition coefficient (Wildman–Crippen LogP) is 8.14. The Balaban J connectivity index is 1.45. The molecule has 0 fully saturated rings. The molecule has 42 heavy (non-hydrogen) atoms. The molecule has 4 rings (SSSR count). The van der Waals surface area contributed by atoms with Gasteiger partial charge in [0.2, 0.25) is 5.91 Å². The average Bonchev–Trinajstić information content (AvgIpc) is 2.96. The molecule has 3 amide bonds. The van der Waals surface area contributed by atoms with Crippen LogP contribution in [0, 0.1) is 13.8 Å². The normalized spacial score (nSPS) is 11.9. The minimum Gasteiger partial charge on any atom is -0.325 e. The van der Waals surface area contributed by atoms with Gasteiger partial charge < -0.3 is 16.0 Å². The molecule has 214 valence electrons. The van der Waals surface area contributed by atoms with Crippen LogP contribution < -0.4 is 16.0 Å². The summed E-state index contributed by atoms with van der Waals surface area (Å²) in [6, 6.07) is 26.5. The van der Waals surface area contributed by atoms with E-state index in [9.17, 15) is 14.4 Å². The second-order valence-electron chi connectivity index (χ2n) is 9.59. The number of benzene rings is 4. The summed E-state index contributed by atoms with van der Waals surface area (Å²) in [5, 5.41) is 8.93. The number of anilines is 2. The van der Waals surface area contributed by atoms with E-state index >= 15 is 0 Å².